The Hall–Kier alpha value is -3.09. The molecule has 32 heavy (non-hydrogen) atoms. The third kappa shape index (κ3) is 3.05. The van der Waals surface area contributed by atoms with Gasteiger partial charge in [0.25, 0.3) is 10.0 Å². The van der Waals surface area contributed by atoms with Gasteiger partial charge in [0.2, 0.25) is 0 Å². The van der Waals surface area contributed by atoms with Gasteiger partial charge in [0.15, 0.2) is 0 Å². The molecule has 0 amide bonds. The lowest BCUT2D eigenvalue weighted by Gasteiger charge is -2.27. The van der Waals surface area contributed by atoms with Crippen LogP contribution < -0.4 is 4.31 Å². The number of benzene rings is 3. The molecule has 6 rings (SSSR count). The van der Waals surface area contributed by atoms with Crippen LogP contribution in [0.3, 0.4) is 0 Å². The summed E-state index contributed by atoms with van der Waals surface area (Å²) in [5, 5.41) is 3.12. The molecule has 2 aliphatic rings. The minimum absolute atomic E-state index is 0.440. The minimum atomic E-state index is -3.46. The number of rotatable bonds is 5. The number of aromatic amines is 1. The number of aromatic nitrogens is 1. The Morgan fingerprint density at radius 2 is 1.78 bits per heavy atom. The van der Waals surface area contributed by atoms with Crippen LogP contribution >= 0.6 is 0 Å². The van der Waals surface area contributed by atoms with Crippen molar-refractivity contribution in [2.45, 2.75) is 17.7 Å². The number of hydrogen-bond acceptors (Lipinski definition) is 3. The Balaban J connectivity index is 1.13. The summed E-state index contributed by atoms with van der Waals surface area (Å²) in [6, 6.07) is 19.8. The van der Waals surface area contributed by atoms with Crippen LogP contribution in [0.15, 0.2) is 77.8 Å². The monoisotopic (exact) mass is 443 g/mol. The van der Waals surface area contributed by atoms with E-state index in [0.717, 1.165) is 48.9 Å². The van der Waals surface area contributed by atoms with E-state index in [-0.39, 0.29) is 0 Å². The van der Waals surface area contributed by atoms with Gasteiger partial charge >= 0.3 is 0 Å². The van der Waals surface area contributed by atoms with E-state index in [0.29, 0.717) is 11.4 Å². The molecule has 0 unspecified atom stereocenters. The van der Waals surface area contributed by atoms with Crippen molar-refractivity contribution < 1.29 is 8.42 Å². The Bertz CT molecular complexity index is 1460. The van der Waals surface area contributed by atoms with Gasteiger partial charge in [-0.3, -0.25) is 9.21 Å². The summed E-state index contributed by atoms with van der Waals surface area (Å²) in [4.78, 5) is 6.22. The molecule has 1 aromatic heterocycles. The van der Waals surface area contributed by atoms with Crippen molar-refractivity contribution in [3.63, 3.8) is 0 Å². The average Bonchev–Trinajstić information content (AvgIpc) is 3.34. The van der Waals surface area contributed by atoms with Crippen molar-refractivity contribution in [2.75, 3.05) is 30.5 Å². The maximum Gasteiger partial charge on any atom is 0.265 e. The van der Waals surface area contributed by atoms with Gasteiger partial charge < -0.3 is 4.98 Å². The van der Waals surface area contributed by atoms with Crippen molar-refractivity contribution in [1.82, 2.24) is 9.88 Å². The molecule has 5 nitrogen and oxygen atoms in total. The highest BCUT2D eigenvalue weighted by atomic mass is 32.2. The maximum atomic E-state index is 13.1. The van der Waals surface area contributed by atoms with E-state index in [9.17, 15) is 8.42 Å². The fourth-order valence-corrected chi connectivity index (χ4v) is 6.88. The standard InChI is InChI=1S/C26H25N3O2S/c30-32(31)25-11-4-7-20-6-3-10-24(26(20)25)29(32)15-5-14-28-16-12-19(13-17-28)22-18-27-23-9-2-1-8-21(22)23/h1-4,6-12,18,27H,5,13-17H2. The summed E-state index contributed by atoms with van der Waals surface area (Å²) in [5.74, 6) is 0. The molecule has 0 saturated carbocycles. The van der Waals surface area contributed by atoms with Crippen LogP contribution in [0.2, 0.25) is 0 Å². The van der Waals surface area contributed by atoms with Crippen LogP contribution in [0.5, 0.6) is 0 Å². The van der Waals surface area contributed by atoms with Crippen molar-refractivity contribution >= 4 is 43.0 Å². The van der Waals surface area contributed by atoms with Gasteiger partial charge in [0.1, 0.15) is 0 Å². The van der Waals surface area contributed by atoms with Crippen LogP contribution in [-0.4, -0.2) is 44.5 Å². The summed E-state index contributed by atoms with van der Waals surface area (Å²) in [6.45, 7) is 3.28. The van der Waals surface area contributed by atoms with Gasteiger partial charge in [-0.2, -0.15) is 0 Å². The Labute approximate surface area is 188 Å². The van der Waals surface area contributed by atoms with Crippen molar-refractivity contribution in [1.29, 1.82) is 0 Å². The molecular formula is C26H25N3O2S. The van der Waals surface area contributed by atoms with Crippen molar-refractivity contribution in [3.8, 4) is 0 Å². The number of hydrogen-bond donors (Lipinski definition) is 1. The molecule has 3 aromatic carbocycles. The summed E-state index contributed by atoms with van der Waals surface area (Å²) in [7, 11) is -3.46. The molecule has 2 aliphatic heterocycles. The first kappa shape index (κ1) is 19.6. The van der Waals surface area contributed by atoms with Gasteiger partial charge in [-0.1, -0.05) is 48.5 Å². The first-order valence-electron chi connectivity index (χ1n) is 11.2. The van der Waals surface area contributed by atoms with Gasteiger partial charge in [-0.15, -0.1) is 0 Å². The molecule has 6 heteroatoms. The Kier molecular flexibility index (Phi) is 4.59. The normalized spacial score (nSPS) is 17.9. The number of nitrogens with one attached hydrogen (secondary N) is 1. The predicted molar refractivity (Wildman–Crippen MR) is 130 cm³/mol. The molecule has 3 heterocycles. The first-order chi connectivity index (χ1) is 15.6. The van der Waals surface area contributed by atoms with E-state index < -0.39 is 10.0 Å². The number of sulfonamides is 1. The van der Waals surface area contributed by atoms with Crippen LogP contribution in [0, 0.1) is 0 Å². The minimum Gasteiger partial charge on any atom is -0.361 e. The summed E-state index contributed by atoms with van der Waals surface area (Å²) < 4.78 is 27.9. The molecule has 0 aliphatic carbocycles. The fraction of sp³-hybridized carbons (Fsp3) is 0.231. The zero-order valence-corrected chi connectivity index (χ0v) is 18.6. The third-order valence-electron chi connectivity index (χ3n) is 6.75. The predicted octanol–water partition coefficient (Wildman–Crippen LogP) is 5.01. The quantitative estimate of drug-likeness (QED) is 0.472. The molecule has 0 spiro atoms. The molecule has 4 aromatic rings. The van der Waals surface area contributed by atoms with Crippen LogP contribution in [0.25, 0.3) is 27.2 Å². The van der Waals surface area contributed by atoms with E-state index in [1.807, 2.05) is 30.3 Å². The van der Waals surface area contributed by atoms with Crippen LogP contribution in [0.1, 0.15) is 18.4 Å². The Morgan fingerprint density at radius 1 is 0.938 bits per heavy atom. The second-order valence-electron chi connectivity index (χ2n) is 8.59. The number of para-hydroxylation sites is 1. The fourth-order valence-electron chi connectivity index (χ4n) is 5.13. The molecule has 162 valence electrons. The van der Waals surface area contributed by atoms with Gasteiger partial charge in [-0.05, 0) is 42.0 Å². The first-order valence-corrected chi connectivity index (χ1v) is 12.6. The van der Waals surface area contributed by atoms with Crippen LogP contribution in [0.4, 0.5) is 5.69 Å². The zero-order chi connectivity index (χ0) is 21.7. The molecule has 0 saturated heterocycles. The van der Waals surface area contributed by atoms with E-state index in [2.05, 4.69) is 46.4 Å². The lowest BCUT2D eigenvalue weighted by atomic mass is 9.99. The van der Waals surface area contributed by atoms with Gasteiger partial charge in [0.05, 0.1) is 10.6 Å². The average molecular weight is 444 g/mol. The molecule has 0 radical (unpaired) electrons. The lowest BCUT2D eigenvalue weighted by Crippen LogP contribution is -2.34. The second-order valence-corrected chi connectivity index (χ2v) is 10.4. The number of fused-ring (bicyclic) bond motifs is 1. The zero-order valence-electron chi connectivity index (χ0n) is 17.8. The van der Waals surface area contributed by atoms with E-state index in [1.165, 1.54) is 22.0 Å². The van der Waals surface area contributed by atoms with E-state index in [1.54, 1.807) is 10.4 Å². The maximum absolute atomic E-state index is 13.1. The highest BCUT2D eigenvalue weighted by Crippen LogP contribution is 2.42. The highest BCUT2D eigenvalue weighted by Gasteiger charge is 2.35. The van der Waals surface area contributed by atoms with Gasteiger partial charge in [0, 0.05) is 54.2 Å². The molecule has 0 atom stereocenters. The summed E-state index contributed by atoms with van der Waals surface area (Å²) >= 11 is 0. The third-order valence-corrected chi connectivity index (χ3v) is 8.60. The second kappa shape index (κ2) is 7.50. The largest absolute Gasteiger partial charge is 0.361 e. The highest BCUT2D eigenvalue weighted by molar-refractivity contribution is 7.93. The van der Waals surface area contributed by atoms with Crippen LogP contribution in [-0.2, 0) is 10.0 Å². The van der Waals surface area contributed by atoms with Gasteiger partial charge in [-0.25, -0.2) is 8.42 Å². The smallest absolute Gasteiger partial charge is 0.265 e. The Morgan fingerprint density at radius 3 is 2.62 bits per heavy atom. The topological polar surface area (TPSA) is 56.4 Å². The molecule has 0 fully saturated rings. The van der Waals surface area contributed by atoms with Crippen molar-refractivity contribution in [3.05, 3.63) is 78.5 Å². The number of anilines is 1. The van der Waals surface area contributed by atoms with Crippen molar-refractivity contribution in [2.24, 2.45) is 0 Å². The number of nitrogens with zero attached hydrogens (tertiary/aromatic N) is 2. The number of H-pyrrole nitrogens is 1. The van der Waals surface area contributed by atoms with E-state index in [4.69, 9.17) is 0 Å². The summed E-state index contributed by atoms with van der Waals surface area (Å²) in [6.07, 6.45) is 6.25. The molecule has 0 bridgehead atoms. The molecular weight excluding hydrogens is 418 g/mol. The SMILES string of the molecule is O=S1(=O)c2cccc3cccc(c23)N1CCCN1CC=C(c2c[nH]c3ccccc23)CC1. The molecule has 1 N–H and O–H groups in total. The lowest BCUT2D eigenvalue weighted by molar-refractivity contribution is 0.300. The summed E-state index contributed by atoms with van der Waals surface area (Å²) in [5.41, 5.74) is 4.68. The van der Waals surface area contributed by atoms with E-state index >= 15 is 0 Å².